The van der Waals surface area contributed by atoms with Gasteiger partial charge in [0.15, 0.2) is 0 Å². The summed E-state index contributed by atoms with van der Waals surface area (Å²) < 4.78 is 0. The fourth-order valence-electron chi connectivity index (χ4n) is 8.54. The average Bonchev–Trinajstić information content (AvgIpc) is 3.49. The third kappa shape index (κ3) is 5.86. The Hall–Kier alpha value is -6.83. The van der Waals surface area contributed by atoms with Gasteiger partial charge in [-0.05, 0) is 114 Å². The quantitative estimate of drug-likeness (QED) is 0.168. The summed E-state index contributed by atoms with van der Waals surface area (Å²) in [7, 11) is 0. The first-order valence-corrected chi connectivity index (χ1v) is 19.1. The molecule has 0 amide bonds. The van der Waals surface area contributed by atoms with Crippen LogP contribution in [-0.4, -0.2) is 4.98 Å². The molecular weight excluding hydrogens is 663 g/mol. The highest BCUT2D eigenvalue weighted by Gasteiger charge is 2.36. The molecule has 1 aromatic heterocycles. The minimum atomic E-state index is -0.103. The van der Waals surface area contributed by atoms with Crippen LogP contribution in [0.15, 0.2) is 200 Å². The van der Waals surface area contributed by atoms with E-state index in [1.807, 2.05) is 0 Å². The first-order chi connectivity index (χ1) is 27.0. The zero-order valence-electron chi connectivity index (χ0n) is 31.0. The van der Waals surface area contributed by atoms with Gasteiger partial charge in [-0.1, -0.05) is 178 Å². The Kier molecular flexibility index (Phi) is 7.89. The van der Waals surface area contributed by atoms with Gasteiger partial charge in [0.25, 0.3) is 0 Å². The molecule has 1 nitrogen and oxygen atoms in total. The lowest BCUT2D eigenvalue weighted by molar-refractivity contribution is 0.660. The Bertz CT molecular complexity index is 2870. The first kappa shape index (κ1) is 32.8. The van der Waals surface area contributed by atoms with Gasteiger partial charge in [-0.3, -0.25) is 0 Å². The van der Waals surface area contributed by atoms with Gasteiger partial charge in [-0.2, -0.15) is 0 Å². The zero-order chi connectivity index (χ0) is 36.9. The smallest absolute Gasteiger partial charge is 0.0722 e. The van der Waals surface area contributed by atoms with Crippen LogP contribution < -0.4 is 0 Å². The lowest BCUT2D eigenvalue weighted by Gasteiger charge is -2.21. The first-order valence-electron chi connectivity index (χ1n) is 19.1. The minimum Gasteiger partial charge on any atom is -0.248 e. The third-order valence-corrected chi connectivity index (χ3v) is 11.5. The Morgan fingerprint density at radius 2 is 0.800 bits per heavy atom. The van der Waals surface area contributed by atoms with E-state index in [0.717, 1.165) is 33.6 Å². The van der Waals surface area contributed by atoms with E-state index in [9.17, 15) is 0 Å². The van der Waals surface area contributed by atoms with Crippen molar-refractivity contribution in [3.8, 4) is 78.1 Å². The van der Waals surface area contributed by atoms with Crippen LogP contribution in [0, 0.1) is 0 Å². The SMILES string of the molecule is CC1(C)c2ccccc2-c2c(-c3cc(-c4cc(-c5ccccc5)cc(-c5ccc6ccccc6c5)c4)cc(-c4ccc(-c5ccccc5)cc4)n3)cccc21. The van der Waals surface area contributed by atoms with Crippen molar-refractivity contribution in [3.63, 3.8) is 0 Å². The molecule has 0 aliphatic heterocycles. The number of hydrogen-bond acceptors (Lipinski definition) is 1. The van der Waals surface area contributed by atoms with Crippen molar-refractivity contribution >= 4 is 10.8 Å². The molecule has 10 rings (SSSR count). The van der Waals surface area contributed by atoms with Crippen LogP contribution in [0.25, 0.3) is 88.9 Å². The van der Waals surface area contributed by atoms with E-state index in [0.29, 0.717) is 0 Å². The highest BCUT2D eigenvalue weighted by molar-refractivity contribution is 5.94. The third-order valence-electron chi connectivity index (χ3n) is 11.5. The number of hydrogen-bond donors (Lipinski definition) is 0. The lowest BCUT2D eigenvalue weighted by Crippen LogP contribution is -2.14. The molecule has 260 valence electrons. The van der Waals surface area contributed by atoms with Crippen LogP contribution in [-0.2, 0) is 5.41 Å². The predicted octanol–water partition coefficient (Wildman–Crippen LogP) is 14.5. The van der Waals surface area contributed by atoms with E-state index in [-0.39, 0.29) is 5.41 Å². The van der Waals surface area contributed by atoms with E-state index in [4.69, 9.17) is 4.98 Å². The van der Waals surface area contributed by atoms with Crippen molar-refractivity contribution in [2.75, 3.05) is 0 Å². The summed E-state index contributed by atoms with van der Waals surface area (Å²) in [4.78, 5) is 5.50. The minimum absolute atomic E-state index is 0.103. The monoisotopic (exact) mass is 701 g/mol. The van der Waals surface area contributed by atoms with Crippen molar-refractivity contribution < 1.29 is 0 Å². The van der Waals surface area contributed by atoms with Crippen molar-refractivity contribution in [1.29, 1.82) is 0 Å². The average molecular weight is 702 g/mol. The van der Waals surface area contributed by atoms with Crippen molar-refractivity contribution in [1.82, 2.24) is 4.98 Å². The molecule has 1 heterocycles. The topological polar surface area (TPSA) is 12.9 Å². The zero-order valence-corrected chi connectivity index (χ0v) is 31.0. The normalized spacial score (nSPS) is 12.7. The maximum Gasteiger partial charge on any atom is 0.0722 e. The second-order valence-electron chi connectivity index (χ2n) is 15.2. The fourth-order valence-corrected chi connectivity index (χ4v) is 8.54. The van der Waals surface area contributed by atoms with Crippen LogP contribution in [0.1, 0.15) is 25.0 Å². The van der Waals surface area contributed by atoms with Crippen molar-refractivity contribution in [2.45, 2.75) is 19.3 Å². The summed E-state index contributed by atoms with van der Waals surface area (Å²) in [5.41, 5.74) is 18.8. The Labute approximate surface area is 323 Å². The Morgan fingerprint density at radius 1 is 0.309 bits per heavy atom. The molecular formula is C54H39N. The number of aromatic nitrogens is 1. The Balaban J connectivity index is 1.20. The van der Waals surface area contributed by atoms with Gasteiger partial charge in [0.1, 0.15) is 0 Å². The number of fused-ring (bicyclic) bond motifs is 4. The van der Waals surface area contributed by atoms with Crippen LogP contribution in [0.2, 0.25) is 0 Å². The molecule has 0 fully saturated rings. The van der Waals surface area contributed by atoms with Gasteiger partial charge in [0.05, 0.1) is 11.4 Å². The van der Waals surface area contributed by atoms with E-state index in [2.05, 4.69) is 214 Å². The summed E-state index contributed by atoms with van der Waals surface area (Å²) in [6.07, 6.45) is 0. The Morgan fingerprint density at radius 3 is 1.55 bits per heavy atom. The van der Waals surface area contributed by atoms with Crippen LogP contribution in [0.5, 0.6) is 0 Å². The molecule has 55 heavy (non-hydrogen) atoms. The van der Waals surface area contributed by atoms with Crippen LogP contribution in [0.3, 0.4) is 0 Å². The summed E-state index contributed by atoms with van der Waals surface area (Å²) in [6, 6.07) is 72.8. The molecule has 0 bridgehead atoms. The molecule has 0 N–H and O–H groups in total. The van der Waals surface area contributed by atoms with Gasteiger partial charge in [-0.15, -0.1) is 0 Å². The molecule has 1 aliphatic carbocycles. The van der Waals surface area contributed by atoms with Crippen LogP contribution >= 0.6 is 0 Å². The van der Waals surface area contributed by atoms with E-state index >= 15 is 0 Å². The summed E-state index contributed by atoms with van der Waals surface area (Å²) in [6.45, 7) is 4.68. The van der Waals surface area contributed by atoms with Gasteiger partial charge in [0.2, 0.25) is 0 Å². The fraction of sp³-hybridized carbons (Fsp3) is 0.0556. The highest BCUT2D eigenvalue weighted by Crippen LogP contribution is 2.52. The van der Waals surface area contributed by atoms with E-state index < -0.39 is 0 Å². The van der Waals surface area contributed by atoms with Gasteiger partial charge in [-0.25, -0.2) is 4.98 Å². The standard InChI is InChI=1S/C54H39N/c1-54(2)49-22-12-11-20-47(49)53-48(21-13-23-50(53)54)52-35-46(34-51(55-52)40-27-24-39(25-28-40)36-14-5-3-6-15-36)45-32-43(37-16-7-4-8-17-37)31-44(33-45)42-29-26-38-18-9-10-19-41(38)30-42/h3-35H,1-2H3. The summed E-state index contributed by atoms with van der Waals surface area (Å²) >= 11 is 0. The molecule has 0 unspecified atom stereocenters. The maximum atomic E-state index is 5.50. The molecule has 0 atom stereocenters. The van der Waals surface area contributed by atoms with E-state index in [1.54, 1.807) is 0 Å². The molecule has 8 aromatic carbocycles. The largest absolute Gasteiger partial charge is 0.248 e. The molecule has 0 saturated carbocycles. The van der Waals surface area contributed by atoms with Gasteiger partial charge in [0, 0.05) is 16.5 Å². The maximum absolute atomic E-state index is 5.50. The number of rotatable bonds is 6. The van der Waals surface area contributed by atoms with E-state index in [1.165, 1.54) is 66.4 Å². The molecule has 0 radical (unpaired) electrons. The second-order valence-corrected chi connectivity index (χ2v) is 15.2. The molecule has 1 aliphatic rings. The highest BCUT2D eigenvalue weighted by atomic mass is 14.7. The number of nitrogens with zero attached hydrogens (tertiary/aromatic N) is 1. The molecule has 9 aromatic rings. The number of pyridine rings is 1. The molecule has 0 spiro atoms. The summed E-state index contributed by atoms with van der Waals surface area (Å²) in [5, 5.41) is 2.48. The predicted molar refractivity (Wildman–Crippen MR) is 232 cm³/mol. The second kappa shape index (κ2) is 13.2. The number of benzene rings is 8. The van der Waals surface area contributed by atoms with Crippen LogP contribution in [0.4, 0.5) is 0 Å². The van der Waals surface area contributed by atoms with Crippen molar-refractivity contribution in [3.05, 3.63) is 211 Å². The van der Waals surface area contributed by atoms with Crippen molar-refractivity contribution in [2.24, 2.45) is 0 Å². The molecule has 0 saturated heterocycles. The van der Waals surface area contributed by atoms with Gasteiger partial charge >= 0.3 is 0 Å². The summed E-state index contributed by atoms with van der Waals surface area (Å²) in [5.74, 6) is 0. The lowest BCUT2D eigenvalue weighted by atomic mass is 9.82. The van der Waals surface area contributed by atoms with Gasteiger partial charge < -0.3 is 0 Å². The molecule has 1 heteroatoms.